The van der Waals surface area contributed by atoms with E-state index in [0.717, 1.165) is 12.1 Å². The minimum atomic E-state index is -4.76. The number of nitrogens with one attached hydrogen (secondary N) is 2. The van der Waals surface area contributed by atoms with Gasteiger partial charge < -0.3 is 25.9 Å². The van der Waals surface area contributed by atoms with Gasteiger partial charge in [-0.3, -0.25) is 0 Å². The second kappa shape index (κ2) is 10.0. The standard InChI is InChI=1S/C24H19F4N5O3/c25-17-7-14(6-16(9-17)24(26,27)28)18-11-31-22(29)33-21(18)15-8-20(30-10-15)36-23(35)32-19(12-34)13-4-2-1-3-5-13/h1-11,19,30,34H,12H2,(H,32,35)(H2,29,31,33). The average molecular weight is 501 g/mol. The van der Waals surface area contributed by atoms with E-state index < -0.39 is 29.7 Å². The zero-order valence-electron chi connectivity index (χ0n) is 18.4. The lowest BCUT2D eigenvalue weighted by Gasteiger charge is -2.15. The summed E-state index contributed by atoms with van der Waals surface area (Å²) in [4.78, 5) is 23.0. The van der Waals surface area contributed by atoms with Crippen LogP contribution < -0.4 is 15.8 Å². The number of nitrogens with two attached hydrogens (primary N) is 1. The van der Waals surface area contributed by atoms with Gasteiger partial charge in [-0.1, -0.05) is 30.3 Å². The molecule has 1 unspecified atom stereocenters. The van der Waals surface area contributed by atoms with Crippen LogP contribution in [0.4, 0.5) is 28.3 Å². The maximum absolute atomic E-state index is 14.0. The van der Waals surface area contributed by atoms with Gasteiger partial charge in [-0.15, -0.1) is 0 Å². The quantitative estimate of drug-likeness (QED) is 0.284. The number of hydrogen-bond acceptors (Lipinski definition) is 6. The highest BCUT2D eigenvalue weighted by molar-refractivity contribution is 5.82. The second-order valence-electron chi connectivity index (χ2n) is 7.65. The predicted octanol–water partition coefficient (Wildman–Crippen LogP) is 4.70. The highest BCUT2D eigenvalue weighted by Crippen LogP contribution is 2.37. The van der Waals surface area contributed by atoms with Crippen molar-refractivity contribution in [2.24, 2.45) is 0 Å². The average Bonchev–Trinajstić information content (AvgIpc) is 3.30. The Kier molecular flexibility index (Phi) is 6.88. The Balaban J connectivity index is 1.60. The molecule has 0 saturated heterocycles. The molecule has 12 heteroatoms. The molecular formula is C24H19F4N5O3. The second-order valence-corrected chi connectivity index (χ2v) is 7.65. The van der Waals surface area contributed by atoms with Crippen molar-refractivity contribution in [2.45, 2.75) is 12.2 Å². The van der Waals surface area contributed by atoms with Crippen LogP contribution in [0.1, 0.15) is 17.2 Å². The Morgan fingerprint density at radius 1 is 1.14 bits per heavy atom. The van der Waals surface area contributed by atoms with Gasteiger partial charge in [0, 0.05) is 29.6 Å². The fourth-order valence-electron chi connectivity index (χ4n) is 3.50. The van der Waals surface area contributed by atoms with E-state index in [4.69, 9.17) is 10.5 Å². The zero-order chi connectivity index (χ0) is 25.9. The van der Waals surface area contributed by atoms with E-state index >= 15 is 0 Å². The van der Waals surface area contributed by atoms with E-state index in [9.17, 15) is 27.5 Å². The van der Waals surface area contributed by atoms with Gasteiger partial charge in [0.1, 0.15) is 5.82 Å². The number of carbonyl (C=O) groups is 1. The normalized spacial score (nSPS) is 12.2. The van der Waals surface area contributed by atoms with Crippen molar-refractivity contribution in [3.8, 4) is 28.3 Å². The van der Waals surface area contributed by atoms with Gasteiger partial charge >= 0.3 is 12.3 Å². The Hall–Kier alpha value is -4.45. The third-order valence-corrected chi connectivity index (χ3v) is 5.15. The summed E-state index contributed by atoms with van der Waals surface area (Å²) in [5.41, 5.74) is 5.51. The number of H-pyrrole nitrogens is 1. The van der Waals surface area contributed by atoms with Crippen LogP contribution >= 0.6 is 0 Å². The number of alkyl halides is 3. The van der Waals surface area contributed by atoms with Crippen molar-refractivity contribution in [3.63, 3.8) is 0 Å². The van der Waals surface area contributed by atoms with Crippen LogP contribution in [0.15, 0.2) is 67.0 Å². The molecular weight excluding hydrogens is 482 g/mol. The summed E-state index contributed by atoms with van der Waals surface area (Å²) in [5.74, 6) is -1.28. The largest absolute Gasteiger partial charge is 0.416 e. The maximum Gasteiger partial charge on any atom is 0.416 e. The molecule has 5 N–H and O–H groups in total. The number of hydrogen-bond donors (Lipinski definition) is 4. The number of aromatic nitrogens is 3. The van der Waals surface area contributed by atoms with Gasteiger partial charge in [0.15, 0.2) is 0 Å². The summed E-state index contributed by atoms with van der Waals surface area (Å²) in [5, 5.41) is 12.1. The number of carbonyl (C=O) groups excluding carboxylic acids is 1. The van der Waals surface area contributed by atoms with Crippen molar-refractivity contribution in [2.75, 3.05) is 12.3 Å². The van der Waals surface area contributed by atoms with Crippen molar-refractivity contribution >= 4 is 12.0 Å². The molecule has 0 saturated carbocycles. The Morgan fingerprint density at radius 3 is 2.58 bits per heavy atom. The first-order chi connectivity index (χ1) is 17.1. The van der Waals surface area contributed by atoms with Crippen LogP contribution in [-0.4, -0.2) is 32.8 Å². The highest BCUT2D eigenvalue weighted by atomic mass is 19.4. The van der Waals surface area contributed by atoms with Crippen LogP contribution in [0, 0.1) is 5.82 Å². The van der Waals surface area contributed by atoms with Gasteiger partial charge in [-0.25, -0.2) is 19.2 Å². The van der Waals surface area contributed by atoms with Gasteiger partial charge in [-0.05, 0) is 29.3 Å². The molecule has 0 aliphatic rings. The van der Waals surface area contributed by atoms with Crippen molar-refractivity contribution < 1.29 is 32.2 Å². The third-order valence-electron chi connectivity index (χ3n) is 5.15. The third kappa shape index (κ3) is 5.61. The fraction of sp³-hybridized carbons (Fsp3) is 0.125. The number of nitrogens with zero attached hydrogens (tertiary/aromatic N) is 2. The Bertz CT molecular complexity index is 1380. The van der Waals surface area contributed by atoms with Crippen LogP contribution in [0.5, 0.6) is 5.88 Å². The van der Waals surface area contributed by atoms with Gasteiger partial charge in [0.2, 0.25) is 11.8 Å². The lowest BCUT2D eigenvalue weighted by Crippen LogP contribution is -2.33. The molecule has 0 bridgehead atoms. The summed E-state index contributed by atoms with van der Waals surface area (Å²) in [6.07, 6.45) is -3.06. The van der Waals surface area contributed by atoms with Crippen molar-refractivity contribution in [3.05, 3.63) is 83.9 Å². The van der Waals surface area contributed by atoms with Crippen LogP contribution in [0.25, 0.3) is 22.4 Å². The molecule has 1 amide bonds. The molecule has 0 fully saturated rings. The molecule has 4 aromatic rings. The van der Waals surface area contributed by atoms with Crippen LogP contribution in [0.2, 0.25) is 0 Å². The highest BCUT2D eigenvalue weighted by Gasteiger charge is 2.32. The Labute approximate surface area is 201 Å². The predicted molar refractivity (Wildman–Crippen MR) is 122 cm³/mol. The minimum absolute atomic E-state index is 0.0226. The monoisotopic (exact) mass is 501 g/mol. The molecule has 1 atom stereocenters. The SMILES string of the molecule is Nc1ncc(-c2cc(F)cc(C(F)(F)F)c2)c(-c2c[nH]c(OC(=O)NC(CO)c3ccccc3)c2)n1. The number of amides is 1. The zero-order valence-corrected chi connectivity index (χ0v) is 18.4. The molecule has 8 nitrogen and oxygen atoms in total. The van der Waals surface area contributed by atoms with E-state index in [-0.39, 0.29) is 35.3 Å². The molecule has 36 heavy (non-hydrogen) atoms. The Morgan fingerprint density at radius 2 is 1.89 bits per heavy atom. The number of rotatable bonds is 6. The van der Waals surface area contributed by atoms with Crippen molar-refractivity contribution in [1.82, 2.24) is 20.3 Å². The van der Waals surface area contributed by atoms with Crippen LogP contribution in [-0.2, 0) is 6.18 Å². The van der Waals surface area contributed by atoms with E-state index in [2.05, 4.69) is 20.3 Å². The summed E-state index contributed by atoms with van der Waals surface area (Å²) in [6.45, 7) is -0.369. The number of aliphatic hydroxyl groups excluding tert-OH is 1. The number of aliphatic hydroxyl groups is 1. The maximum atomic E-state index is 14.0. The van der Waals surface area contributed by atoms with E-state index in [1.54, 1.807) is 30.3 Å². The minimum Gasteiger partial charge on any atom is -0.394 e. The lowest BCUT2D eigenvalue weighted by molar-refractivity contribution is -0.137. The number of nitrogen functional groups attached to an aromatic ring is 1. The molecule has 2 aromatic heterocycles. The summed E-state index contributed by atoms with van der Waals surface area (Å²) in [7, 11) is 0. The number of aromatic amines is 1. The lowest BCUT2D eigenvalue weighted by atomic mass is 10.00. The van der Waals surface area contributed by atoms with Crippen molar-refractivity contribution in [1.29, 1.82) is 0 Å². The van der Waals surface area contributed by atoms with Crippen LogP contribution in [0.3, 0.4) is 0 Å². The molecule has 2 aromatic carbocycles. The van der Waals surface area contributed by atoms with Gasteiger partial charge in [0.25, 0.3) is 0 Å². The van der Waals surface area contributed by atoms with Gasteiger partial charge in [0.05, 0.1) is 23.9 Å². The van der Waals surface area contributed by atoms with Gasteiger partial charge in [-0.2, -0.15) is 13.2 Å². The molecule has 0 aliphatic heterocycles. The first-order valence-corrected chi connectivity index (χ1v) is 10.5. The summed E-state index contributed by atoms with van der Waals surface area (Å²) in [6, 6.07) is 11.5. The summed E-state index contributed by atoms with van der Waals surface area (Å²) >= 11 is 0. The molecule has 0 aliphatic carbocycles. The fourth-order valence-corrected chi connectivity index (χ4v) is 3.50. The molecule has 186 valence electrons. The number of ether oxygens (including phenoxy) is 1. The summed E-state index contributed by atoms with van der Waals surface area (Å²) < 4.78 is 58.9. The molecule has 0 spiro atoms. The van der Waals surface area contributed by atoms with E-state index in [1.165, 1.54) is 18.5 Å². The van der Waals surface area contributed by atoms with E-state index in [0.29, 0.717) is 17.2 Å². The first-order valence-electron chi connectivity index (χ1n) is 10.5. The molecule has 2 heterocycles. The smallest absolute Gasteiger partial charge is 0.394 e. The molecule has 0 radical (unpaired) electrons. The van der Waals surface area contributed by atoms with E-state index in [1.807, 2.05) is 0 Å². The topological polar surface area (TPSA) is 126 Å². The first kappa shape index (κ1) is 24.7. The number of benzene rings is 2. The number of anilines is 1. The number of halogens is 4. The molecule has 4 rings (SSSR count).